The predicted octanol–water partition coefficient (Wildman–Crippen LogP) is 5.29. The zero-order chi connectivity index (χ0) is 16.9. The van der Waals surface area contributed by atoms with Crippen molar-refractivity contribution in [2.24, 2.45) is 0 Å². The number of para-hydroxylation sites is 1. The molecular formula is C24H25N. The third kappa shape index (κ3) is 3.76. The van der Waals surface area contributed by atoms with E-state index < -0.39 is 0 Å². The van der Waals surface area contributed by atoms with Gasteiger partial charge in [0.05, 0.1) is 0 Å². The summed E-state index contributed by atoms with van der Waals surface area (Å²) in [5, 5.41) is 0. The summed E-state index contributed by atoms with van der Waals surface area (Å²) in [5.41, 5.74) is 5.80. The molecule has 1 nitrogen and oxygen atoms in total. The molecule has 4 rings (SSSR count). The molecule has 0 N–H and O–H groups in total. The summed E-state index contributed by atoms with van der Waals surface area (Å²) in [7, 11) is 0. The Morgan fingerprint density at radius 3 is 2.12 bits per heavy atom. The van der Waals surface area contributed by atoms with Gasteiger partial charge in [-0.2, -0.15) is 0 Å². The van der Waals surface area contributed by atoms with Gasteiger partial charge in [0.25, 0.3) is 0 Å². The van der Waals surface area contributed by atoms with E-state index in [1.165, 1.54) is 35.2 Å². The third-order valence-electron chi connectivity index (χ3n) is 5.29. The van der Waals surface area contributed by atoms with Crippen molar-refractivity contribution in [1.82, 2.24) is 0 Å². The molecule has 0 radical (unpaired) electrons. The van der Waals surface area contributed by atoms with E-state index in [1.807, 2.05) is 0 Å². The zero-order valence-corrected chi connectivity index (χ0v) is 14.6. The van der Waals surface area contributed by atoms with E-state index >= 15 is 0 Å². The van der Waals surface area contributed by atoms with E-state index in [0.29, 0.717) is 6.04 Å². The van der Waals surface area contributed by atoms with Gasteiger partial charge >= 0.3 is 0 Å². The van der Waals surface area contributed by atoms with Crippen LogP contribution in [0.1, 0.15) is 23.1 Å². The minimum Gasteiger partial charge on any atom is -0.368 e. The van der Waals surface area contributed by atoms with Crippen LogP contribution in [-0.4, -0.2) is 12.6 Å². The van der Waals surface area contributed by atoms with Crippen molar-refractivity contribution in [3.63, 3.8) is 0 Å². The number of hydrogen-bond acceptors (Lipinski definition) is 1. The van der Waals surface area contributed by atoms with Gasteiger partial charge in [-0.3, -0.25) is 0 Å². The van der Waals surface area contributed by atoms with Gasteiger partial charge in [0.15, 0.2) is 0 Å². The van der Waals surface area contributed by atoms with E-state index in [0.717, 1.165) is 19.4 Å². The number of aryl methyl sites for hydroxylation is 1. The van der Waals surface area contributed by atoms with Crippen molar-refractivity contribution in [3.05, 3.63) is 102 Å². The molecule has 1 aliphatic rings. The second-order valence-corrected chi connectivity index (χ2v) is 6.94. The standard InChI is InChI=1S/C24H25N/c1-3-9-20(10-4-1)17-18-25-23(19-21-11-5-2-6-12-21)16-15-22-13-7-8-14-24(22)25/h1-14,23H,15-19H2. The maximum Gasteiger partial charge on any atom is 0.0401 e. The maximum absolute atomic E-state index is 2.65. The summed E-state index contributed by atoms with van der Waals surface area (Å²) in [4.78, 5) is 2.65. The van der Waals surface area contributed by atoms with E-state index in [9.17, 15) is 0 Å². The van der Waals surface area contributed by atoms with Crippen LogP contribution in [0.5, 0.6) is 0 Å². The Kier molecular flexibility index (Phi) is 4.83. The van der Waals surface area contributed by atoms with Gasteiger partial charge < -0.3 is 4.90 Å². The van der Waals surface area contributed by atoms with Gasteiger partial charge in [-0.15, -0.1) is 0 Å². The predicted molar refractivity (Wildman–Crippen MR) is 106 cm³/mol. The van der Waals surface area contributed by atoms with Gasteiger partial charge in [0.1, 0.15) is 0 Å². The molecule has 1 heterocycles. The van der Waals surface area contributed by atoms with Crippen LogP contribution in [-0.2, 0) is 19.3 Å². The quantitative estimate of drug-likeness (QED) is 0.615. The number of anilines is 1. The second kappa shape index (κ2) is 7.57. The summed E-state index contributed by atoms with van der Waals surface area (Å²) < 4.78 is 0. The second-order valence-electron chi connectivity index (χ2n) is 6.94. The van der Waals surface area contributed by atoms with Crippen LogP contribution < -0.4 is 4.90 Å². The van der Waals surface area contributed by atoms with Crippen molar-refractivity contribution < 1.29 is 0 Å². The maximum atomic E-state index is 2.65. The Balaban J connectivity index is 1.57. The van der Waals surface area contributed by atoms with Crippen molar-refractivity contribution >= 4 is 5.69 Å². The van der Waals surface area contributed by atoms with Crippen LogP contribution in [0.15, 0.2) is 84.9 Å². The summed E-state index contributed by atoms with van der Waals surface area (Å²) >= 11 is 0. The largest absolute Gasteiger partial charge is 0.368 e. The highest BCUT2D eigenvalue weighted by Gasteiger charge is 2.25. The summed E-state index contributed by atoms with van der Waals surface area (Å²) in [6, 6.07) is 31.3. The molecule has 1 unspecified atom stereocenters. The topological polar surface area (TPSA) is 3.24 Å². The summed E-state index contributed by atoms with van der Waals surface area (Å²) in [6.07, 6.45) is 4.65. The fraction of sp³-hybridized carbons (Fsp3) is 0.250. The highest BCUT2D eigenvalue weighted by Crippen LogP contribution is 2.32. The fourth-order valence-corrected chi connectivity index (χ4v) is 3.97. The molecule has 0 aliphatic carbocycles. The molecule has 0 amide bonds. The average Bonchev–Trinajstić information content (AvgIpc) is 2.68. The Bertz CT molecular complexity index is 795. The van der Waals surface area contributed by atoms with E-state index in [1.54, 1.807) is 0 Å². The van der Waals surface area contributed by atoms with Crippen molar-refractivity contribution in [2.45, 2.75) is 31.7 Å². The molecule has 0 bridgehead atoms. The first-order valence-corrected chi connectivity index (χ1v) is 9.32. The lowest BCUT2D eigenvalue weighted by atomic mass is 9.91. The first kappa shape index (κ1) is 16.0. The molecular weight excluding hydrogens is 302 g/mol. The van der Waals surface area contributed by atoms with Crippen molar-refractivity contribution in [2.75, 3.05) is 11.4 Å². The molecule has 1 aliphatic heterocycles. The molecule has 0 fully saturated rings. The third-order valence-corrected chi connectivity index (χ3v) is 5.29. The first-order valence-electron chi connectivity index (χ1n) is 9.32. The Hall–Kier alpha value is -2.54. The molecule has 25 heavy (non-hydrogen) atoms. The molecule has 0 saturated heterocycles. The Morgan fingerprint density at radius 1 is 0.720 bits per heavy atom. The summed E-state index contributed by atoms with van der Waals surface area (Å²) in [6.45, 7) is 1.08. The normalized spacial score (nSPS) is 16.5. The molecule has 126 valence electrons. The van der Waals surface area contributed by atoms with Crippen LogP contribution >= 0.6 is 0 Å². The van der Waals surface area contributed by atoms with Crippen LogP contribution in [0.25, 0.3) is 0 Å². The number of fused-ring (bicyclic) bond motifs is 1. The van der Waals surface area contributed by atoms with E-state index in [-0.39, 0.29) is 0 Å². The van der Waals surface area contributed by atoms with E-state index in [4.69, 9.17) is 0 Å². The number of hydrogen-bond donors (Lipinski definition) is 0. The van der Waals surface area contributed by atoms with Crippen LogP contribution in [0.4, 0.5) is 5.69 Å². The van der Waals surface area contributed by atoms with Gasteiger partial charge in [-0.25, -0.2) is 0 Å². The number of benzene rings is 3. The average molecular weight is 327 g/mol. The summed E-state index contributed by atoms with van der Waals surface area (Å²) in [5.74, 6) is 0. The monoisotopic (exact) mass is 327 g/mol. The molecule has 0 spiro atoms. The lowest BCUT2D eigenvalue weighted by molar-refractivity contribution is 0.523. The zero-order valence-electron chi connectivity index (χ0n) is 14.6. The molecule has 0 aromatic heterocycles. The fourth-order valence-electron chi connectivity index (χ4n) is 3.97. The van der Waals surface area contributed by atoms with Crippen LogP contribution in [0.3, 0.4) is 0 Å². The van der Waals surface area contributed by atoms with Gasteiger partial charge in [-0.05, 0) is 48.4 Å². The van der Waals surface area contributed by atoms with Crippen LogP contribution in [0.2, 0.25) is 0 Å². The Morgan fingerprint density at radius 2 is 1.36 bits per heavy atom. The van der Waals surface area contributed by atoms with Gasteiger partial charge in [-0.1, -0.05) is 78.9 Å². The molecule has 1 atom stereocenters. The highest BCUT2D eigenvalue weighted by molar-refractivity contribution is 5.57. The highest BCUT2D eigenvalue weighted by atomic mass is 15.2. The molecule has 1 heteroatoms. The van der Waals surface area contributed by atoms with Gasteiger partial charge in [0.2, 0.25) is 0 Å². The first-order chi connectivity index (χ1) is 12.4. The lowest BCUT2D eigenvalue weighted by Gasteiger charge is -2.39. The molecule has 3 aromatic rings. The number of nitrogens with zero attached hydrogens (tertiary/aromatic N) is 1. The Labute approximate surface area is 150 Å². The van der Waals surface area contributed by atoms with E-state index in [2.05, 4.69) is 89.8 Å². The SMILES string of the molecule is c1ccc(CCN2c3ccccc3CCC2Cc2ccccc2)cc1. The van der Waals surface area contributed by atoms with Crippen molar-refractivity contribution in [1.29, 1.82) is 0 Å². The molecule has 3 aromatic carbocycles. The minimum atomic E-state index is 0.584. The minimum absolute atomic E-state index is 0.584. The number of rotatable bonds is 5. The smallest absolute Gasteiger partial charge is 0.0401 e. The van der Waals surface area contributed by atoms with Crippen molar-refractivity contribution in [3.8, 4) is 0 Å². The van der Waals surface area contributed by atoms with Crippen LogP contribution in [0, 0.1) is 0 Å². The molecule has 0 saturated carbocycles. The lowest BCUT2D eigenvalue weighted by Crippen LogP contribution is -2.42. The van der Waals surface area contributed by atoms with Gasteiger partial charge in [0, 0.05) is 18.3 Å².